The standard InChI is InChI=1S/C62H80N12O11S3/c1-37(2)56(60(77)73-35-47(84-61(78)83-41(6)62(7,8)87-88(9,79)80)29-51(73)59(76)66-39(4)42-14-16-43(17-15-42)57-40(5)65-36-86-57)53-31-55(69-85-53)82-26-24-70-22-23-71(38(3)32-70)25-27-81-54-28-44(20-21-64-54)74-45-18-19-46(74)34-72(33-45)50-30-49(67-68-58(50)63)48-12-10-11-13-52(48)75/h10-17,20-21,28,30-31,36-39,41,45-47,51,56,75H,18-19,22-27,29,32-35H2,1-9H3,(H2,63,68)(H,66,76)/t38-,39+,41?,45?,46?,47-,51+,56-/m1/s1. The van der Waals surface area contributed by atoms with Gasteiger partial charge in [0, 0.05) is 106 Å². The number of rotatable bonds is 23. The van der Waals surface area contributed by atoms with Crippen molar-refractivity contribution in [3.8, 4) is 39.2 Å². The molecule has 6 aromatic rings. The lowest BCUT2D eigenvalue weighted by Crippen LogP contribution is -2.54. The van der Waals surface area contributed by atoms with Crippen molar-refractivity contribution in [1.29, 1.82) is 0 Å². The molecule has 2 amide bonds. The van der Waals surface area contributed by atoms with E-state index < -0.39 is 61.8 Å². The van der Waals surface area contributed by atoms with Crippen molar-refractivity contribution in [2.45, 2.75) is 128 Å². The van der Waals surface area contributed by atoms with E-state index in [0.29, 0.717) is 53.5 Å². The summed E-state index contributed by atoms with van der Waals surface area (Å²) in [5, 5.41) is 26.3. The Balaban J connectivity index is 0.706. The largest absolute Gasteiger partial charge is 0.508 e. The number of aromatic nitrogens is 5. The third kappa shape index (κ3) is 15.1. The molecule has 4 saturated heterocycles. The zero-order valence-electron chi connectivity index (χ0n) is 51.3. The number of piperazine rings is 2. The van der Waals surface area contributed by atoms with E-state index in [1.165, 1.54) is 4.90 Å². The molecular formula is C62H80N12O11S3. The first-order valence-electron chi connectivity index (χ1n) is 30.0. The number of hydrogen-bond donors (Lipinski definition) is 3. The van der Waals surface area contributed by atoms with Crippen LogP contribution in [0.1, 0.15) is 96.7 Å². The summed E-state index contributed by atoms with van der Waals surface area (Å²) in [5.41, 5.74) is 14.1. The molecule has 2 bridgehead atoms. The van der Waals surface area contributed by atoms with Gasteiger partial charge in [0.1, 0.15) is 43.1 Å². The minimum atomic E-state index is -3.48. The van der Waals surface area contributed by atoms with E-state index in [1.807, 2.05) is 82.4 Å². The fraction of sp³-hybridized carbons (Fsp3) is 0.516. The van der Waals surface area contributed by atoms with Crippen molar-refractivity contribution in [2.24, 2.45) is 5.92 Å². The number of nitrogens with one attached hydrogen (secondary N) is 1. The Morgan fingerprint density at radius 3 is 2.33 bits per heavy atom. The lowest BCUT2D eigenvalue weighted by atomic mass is 9.91. The number of thiazole rings is 1. The van der Waals surface area contributed by atoms with Gasteiger partial charge in [-0.2, -0.15) is 0 Å². The third-order valence-corrected chi connectivity index (χ3v) is 21.4. The first-order chi connectivity index (χ1) is 42.0. The number of nitrogens with zero attached hydrogens (tertiary/aromatic N) is 10. The summed E-state index contributed by atoms with van der Waals surface area (Å²) in [6.45, 7) is 20.8. The summed E-state index contributed by atoms with van der Waals surface area (Å²) in [6.07, 6.45) is 2.13. The molecule has 0 spiro atoms. The number of carbonyl (C=O) groups excluding carboxylic acids is 3. The molecule has 8 heterocycles. The number of benzene rings is 2. The molecule has 4 fully saturated rings. The van der Waals surface area contributed by atoms with Crippen LogP contribution >= 0.6 is 22.1 Å². The number of anilines is 3. The predicted molar refractivity (Wildman–Crippen MR) is 338 cm³/mol. The molecule has 26 heteroatoms. The third-order valence-electron chi connectivity index (χ3n) is 17.2. The van der Waals surface area contributed by atoms with Gasteiger partial charge >= 0.3 is 6.16 Å². The maximum Gasteiger partial charge on any atom is 0.508 e. The number of phenols is 1. The highest BCUT2D eigenvalue weighted by Gasteiger charge is 2.47. The number of likely N-dealkylation sites (tertiary alicyclic amines) is 1. The number of ether oxygens (including phenoxy) is 4. The quantitative estimate of drug-likeness (QED) is 0.0403. The Hall–Kier alpha value is -7.26. The van der Waals surface area contributed by atoms with Crippen molar-refractivity contribution >= 4 is 66.2 Å². The number of hydrogen-bond acceptors (Lipinski definition) is 23. The van der Waals surface area contributed by atoms with Gasteiger partial charge in [-0.25, -0.2) is 23.2 Å². The number of phenolic OH excluding ortho intramolecular Hbond substituents is 1. The Morgan fingerprint density at radius 2 is 1.64 bits per heavy atom. The summed E-state index contributed by atoms with van der Waals surface area (Å²) >= 11 is 1.55. The maximum absolute atomic E-state index is 14.9. The molecule has 23 nitrogen and oxygen atoms in total. The van der Waals surface area contributed by atoms with Gasteiger partial charge in [-0.05, 0) is 112 Å². The number of pyridine rings is 1. The van der Waals surface area contributed by atoms with E-state index in [4.69, 9.17) is 29.2 Å². The van der Waals surface area contributed by atoms with Gasteiger partial charge in [-0.15, -0.1) is 21.5 Å². The minimum absolute atomic E-state index is 0.0156. The number of nitrogens with two attached hydrogens (primary N) is 1. The van der Waals surface area contributed by atoms with Gasteiger partial charge in [0.2, 0.25) is 17.7 Å². The van der Waals surface area contributed by atoms with Gasteiger partial charge < -0.3 is 54.3 Å². The molecule has 0 saturated carbocycles. The predicted octanol–water partition coefficient (Wildman–Crippen LogP) is 8.17. The van der Waals surface area contributed by atoms with Crippen molar-refractivity contribution in [3.05, 3.63) is 102 Å². The molecule has 8 atom stereocenters. The van der Waals surface area contributed by atoms with Gasteiger partial charge in [0.05, 0.1) is 44.8 Å². The van der Waals surface area contributed by atoms with Crippen LogP contribution in [0.3, 0.4) is 0 Å². The molecule has 4 aromatic heterocycles. The molecule has 0 aliphatic carbocycles. The second-order valence-electron chi connectivity index (χ2n) is 24.2. The fourth-order valence-corrected chi connectivity index (χ4v) is 16.9. The summed E-state index contributed by atoms with van der Waals surface area (Å²) < 4.78 is 52.9. The number of para-hydroxylation sites is 1. The molecule has 2 aromatic carbocycles. The molecule has 4 N–H and O–H groups in total. The summed E-state index contributed by atoms with van der Waals surface area (Å²) in [6, 6.07) is 21.9. The number of aromatic hydroxyl groups is 1. The van der Waals surface area contributed by atoms with Crippen LogP contribution in [0.2, 0.25) is 0 Å². The Bertz CT molecular complexity index is 3520. The van der Waals surface area contributed by atoms with E-state index in [0.717, 1.165) is 91.4 Å². The lowest BCUT2D eigenvalue weighted by Gasteiger charge is -2.43. The highest BCUT2D eigenvalue weighted by molar-refractivity contribution is 8.72. The minimum Gasteiger partial charge on any atom is -0.507 e. The van der Waals surface area contributed by atoms with Crippen LogP contribution in [0.25, 0.3) is 21.7 Å². The summed E-state index contributed by atoms with van der Waals surface area (Å²) in [5.74, 6) is -0.436. The van der Waals surface area contributed by atoms with E-state index in [9.17, 15) is 27.9 Å². The molecular weight excluding hydrogens is 1180 g/mol. The van der Waals surface area contributed by atoms with Crippen LogP contribution in [0.15, 0.2) is 89.0 Å². The molecule has 88 heavy (non-hydrogen) atoms. The van der Waals surface area contributed by atoms with Crippen LogP contribution < -0.4 is 30.3 Å². The summed E-state index contributed by atoms with van der Waals surface area (Å²) in [4.78, 5) is 63.5. The first kappa shape index (κ1) is 63.7. The normalized spacial score (nSPS) is 21.1. The Labute approximate surface area is 521 Å². The van der Waals surface area contributed by atoms with E-state index in [-0.39, 0.29) is 54.4 Å². The number of carbonyl (C=O) groups is 3. The smallest absolute Gasteiger partial charge is 0.507 e. The molecule has 4 aliphatic rings. The van der Waals surface area contributed by atoms with Crippen molar-refractivity contribution in [2.75, 3.05) is 87.4 Å². The van der Waals surface area contributed by atoms with E-state index in [1.54, 1.807) is 55.8 Å². The van der Waals surface area contributed by atoms with Gasteiger partial charge in [-0.1, -0.05) is 50.2 Å². The average Bonchev–Trinajstić information content (AvgIpc) is 1.96. The summed E-state index contributed by atoms with van der Waals surface area (Å²) in [7, 11) is -2.80. The Morgan fingerprint density at radius 1 is 0.909 bits per heavy atom. The van der Waals surface area contributed by atoms with Crippen LogP contribution in [-0.2, 0) is 27.9 Å². The first-order valence-corrected chi connectivity index (χ1v) is 34.1. The SMILES string of the molecule is Cc1ncsc1-c1ccc([C@H](C)NC(=O)[C@@H]2C[C@@H](OC(=O)OC(C)C(C)(C)SS(C)(=O)=O)CN2C(=O)[C@@H](c2cc(OCCN3CCN(CCOc4cc(N5C6CCC5CN(c5cc(-c7ccccc7O)nnc5N)C6)ccn4)[C@H](C)C3)no2)C(C)C)cc1. The zero-order valence-corrected chi connectivity index (χ0v) is 53.7. The van der Waals surface area contributed by atoms with Gasteiger partial charge in [0.25, 0.3) is 5.88 Å². The highest BCUT2D eigenvalue weighted by Crippen LogP contribution is 2.41. The monoisotopic (exact) mass is 1260 g/mol. The lowest BCUT2D eigenvalue weighted by molar-refractivity contribution is -0.141. The average molecular weight is 1270 g/mol. The Kier molecular flexibility index (Phi) is 19.7. The van der Waals surface area contributed by atoms with E-state index >= 15 is 0 Å². The molecule has 472 valence electrons. The molecule has 3 unspecified atom stereocenters. The van der Waals surface area contributed by atoms with Crippen LogP contribution in [0.5, 0.6) is 17.5 Å². The number of fused-ring (bicyclic) bond motifs is 2. The molecule has 0 radical (unpaired) electrons. The van der Waals surface area contributed by atoms with Crippen LogP contribution in [-0.4, -0.2) is 184 Å². The number of amides is 2. The van der Waals surface area contributed by atoms with Crippen molar-refractivity contribution < 1.29 is 51.4 Å². The van der Waals surface area contributed by atoms with E-state index in [2.05, 4.69) is 63.2 Å². The van der Waals surface area contributed by atoms with Gasteiger partial charge in [-0.3, -0.25) is 19.4 Å². The second kappa shape index (κ2) is 27.2. The zero-order chi connectivity index (χ0) is 62.6. The number of aryl methyl sites for hydroxylation is 1. The molecule has 10 rings (SSSR count). The topological polar surface area (TPSA) is 274 Å². The fourth-order valence-electron chi connectivity index (χ4n) is 12.4. The molecule has 4 aliphatic heterocycles. The van der Waals surface area contributed by atoms with Crippen LogP contribution in [0.4, 0.5) is 22.0 Å². The van der Waals surface area contributed by atoms with Gasteiger partial charge in [0.15, 0.2) is 20.4 Å². The second-order valence-corrected chi connectivity index (χ2v) is 30.0. The number of nitrogen functional groups attached to an aromatic ring is 1. The maximum atomic E-state index is 14.9. The van der Waals surface area contributed by atoms with Crippen molar-refractivity contribution in [1.82, 2.24) is 45.3 Å². The van der Waals surface area contributed by atoms with Crippen LogP contribution in [0, 0.1) is 12.8 Å². The highest BCUT2D eigenvalue weighted by atomic mass is 33.1. The van der Waals surface area contributed by atoms with Crippen molar-refractivity contribution in [3.63, 3.8) is 0 Å².